The van der Waals surface area contributed by atoms with Crippen LogP contribution in [0, 0.1) is 19.8 Å². The quantitative estimate of drug-likeness (QED) is 0.751. The predicted molar refractivity (Wildman–Crippen MR) is 67.5 cm³/mol. The van der Waals surface area contributed by atoms with Crippen LogP contribution in [0.2, 0.25) is 0 Å². The fourth-order valence-electron chi connectivity index (χ4n) is 2.17. The molecule has 0 saturated heterocycles. The van der Waals surface area contributed by atoms with Crippen LogP contribution in [0.5, 0.6) is 0 Å². The van der Waals surface area contributed by atoms with E-state index in [0.717, 1.165) is 12.5 Å². The number of hydrogen-bond donors (Lipinski definition) is 1. The Hall–Kier alpha value is -0.340. The fraction of sp³-hybridized carbons (Fsp3) is 0.692. The van der Waals surface area contributed by atoms with E-state index in [1.807, 2.05) is 11.3 Å². The van der Waals surface area contributed by atoms with Gasteiger partial charge in [0, 0.05) is 16.3 Å². The highest BCUT2D eigenvalue weighted by atomic mass is 32.1. The van der Waals surface area contributed by atoms with Crippen molar-refractivity contribution in [2.24, 2.45) is 5.92 Å². The molecule has 1 saturated carbocycles. The summed E-state index contributed by atoms with van der Waals surface area (Å²) in [5.74, 6) is 1.03. The largest absolute Gasteiger partial charge is 0.313 e. The topological polar surface area (TPSA) is 12.0 Å². The van der Waals surface area contributed by atoms with Crippen molar-refractivity contribution in [2.75, 3.05) is 6.54 Å². The van der Waals surface area contributed by atoms with E-state index >= 15 is 0 Å². The molecule has 1 aromatic heterocycles. The molecule has 0 aromatic carbocycles. The Labute approximate surface area is 96.9 Å². The first-order valence-electron chi connectivity index (χ1n) is 6.02. The van der Waals surface area contributed by atoms with Crippen molar-refractivity contribution in [3.8, 4) is 0 Å². The summed E-state index contributed by atoms with van der Waals surface area (Å²) in [6.45, 7) is 6.66. The second-order valence-corrected chi connectivity index (χ2v) is 6.16. The van der Waals surface area contributed by atoms with Crippen molar-refractivity contribution in [2.45, 2.75) is 46.1 Å². The Morgan fingerprint density at radius 2 is 2.20 bits per heavy atom. The molecule has 1 aliphatic rings. The monoisotopic (exact) mass is 223 g/mol. The molecule has 1 fully saturated rings. The van der Waals surface area contributed by atoms with E-state index in [9.17, 15) is 0 Å². The van der Waals surface area contributed by atoms with E-state index in [-0.39, 0.29) is 0 Å². The molecule has 0 aliphatic heterocycles. The molecule has 84 valence electrons. The minimum atomic E-state index is 1.03. The molecule has 0 unspecified atom stereocenters. The van der Waals surface area contributed by atoms with Crippen LogP contribution in [0.1, 0.15) is 41.0 Å². The van der Waals surface area contributed by atoms with Gasteiger partial charge in [0.05, 0.1) is 0 Å². The van der Waals surface area contributed by atoms with Crippen LogP contribution < -0.4 is 5.32 Å². The van der Waals surface area contributed by atoms with Crippen LogP contribution in [-0.4, -0.2) is 6.54 Å². The molecule has 2 rings (SSSR count). The Morgan fingerprint density at radius 1 is 1.40 bits per heavy atom. The average Bonchev–Trinajstić information content (AvgIpc) is 2.42. The lowest BCUT2D eigenvalue weighted by atomic mass is 9.83. The first kappa shape index (κ1) is 11.2. The summed E-state index contributed by atoms with van der Waals surface area (Å²) in [5, 5.41) is 3.56. The summed E-state index contributed by atoms with van der Waals surface area (Å²) in [6.07, 6.45) is 5.78. The molecule has 1 heterocycles. The zero-order valence-electron chi connectivity index (χ0n) is 9.81. The molecule has 0 spiro atoms. The Balaban J connectivity index is 1.66. The second-order valence-electron chi connectivity index (χ2n) is 4.70. The van der Waals surface area contributed by atoms with Gasteiger partial charge in [-0.3, -0.25) is 0 Å². The summed E-state index contributed by atoms with van der Waals surface area (Å²) >= 11 is 1.91. The third-order valence-corrected chi connectivity index (χ3v) is 4.42. The van der Waals surface area contributed by atoms with Gasteiger partial charge in [-0.25, -0.2) is 0 Å². The van der Waals surface area contributed by atoms with Crippen LogP contribution in [0.4, 0.5) is 0 Å². The SMILES string of the molecule is Cc1cc(CNCCC2CCC2)c(C)s1. The molecule has 1 aliphatic carbocycles. The maximum Gasteiger partial charge on any atom is 0.0216 e. The highest BCUT2D eigenvalue weighted by Crippen LogP contribution is 2.28. The van der Waals surface area contributed by atoms with Gasteiger partial charge in [0.1, 0.15) is 0 Å². The number of rotatable bonds is 5. The number of hydrogen-bond acceptors (Lipinski definition) is 2. The summed E-state index contributed by atoms with van der Waals surface area (Å²) in [5.41, 5.74) is 1.49. The van der Waals surface area contributed by atoms with Gasteiger partial charge >= 0.3 is 0 Å². The molecule has 2 heteroatoms. The van der Waals surface area contributed by atoms with Gasteiger partial charge in [-0.05, 0) is 44.4 Å². The normalized spacial score (nSPS) is 16.7. The highest BCUT2D eigenvalue weighted by Gasteiger charge is 2.16. The highest BCUT2D eigenvalue weighted by molar-refractivity contribution is 7.12. The standard InChI is InChI=1S/C13H21NS/c1-10-8-13(11(2)15-10)9-14-7-6-12-4-3-5-12/h8,12,14H,3-7,9H2,1-2H3. The van der Waals surface area contributed by atoms with Gasteiger partial charge < -0.3 is 5.32 Å². The molecule has 1 nitrogen and oxygen atoms in total. The third-order valence-electron chi connectivity index (χ3n) is 3.41. The van der Waals surface area contributed by atoms with E-state index in [1.165, 1.54) is 47.5 Å². The second kappa shape index (κ2) is 5.13. The van der Waals surface area contributed by atoms with Gasteiger partial charge in [0.15, 0.2) is 0 Å². The number of nitrogens with one attached hydrogen (secondary N) is 1. The molecule has 0 amide bonds. The van der Waals surface area contributed by atoms with Crippen molar-refractivity contribution < 1.29 is 0 Å². The van der Waals surface area contributed by atoms with E-state index in [1.54, 1.807) is 0 Å². The zero-order valence-corrected chi connectivity index (χ0v) is 10.6. The third kappa shape index (κ3) is 3.05. The van der Waals surface area contributed by atoms with Gasteiger partial charge in [0.2, 0.25) is 0 Å². The summed E-state index contributed by atoms with van der Waals surface area (Å²) in [7, 11) is 0. The van der Waals surface area contributed by atoms with Crippen molar-refractivity contribution in [1.82, 2.24) is 5.32 Å². The lowest BCUT2D eigenvalue weighted by molar-refractivity contribution is 0.292. The predicted octanol–water partition coefficient (Wildman–Crippen LogP) is 3.64. The molecule has 0 bridgehead atoms. The van der Waals surface area contributed by atoms with Gasteiger partial charge in [-0.2, -0.15) is 0 Å². The van der Waals surface area contributed by atoms with Crippen LogP contribution in [0.3, 0.4) is 0 Å². The van der Waals surface area contributed by atoms with Crippen molar-refractivity contribution in [3.63, 3.8) is 0 Å². The zero-order chi connectivity index (χ0) is 10.7. The van der Waals surface area contributed by atoms with Crippen molar-refractivity contribution in [1.29, 1.82) is 0 Å². The molecule has 0 radical (unpaired) electrons. The lowest BCUT2D eigenvalue weighted by Crippen LogP contribution is -2.21. The van der Waals surface area contributed by atoms with E-state index < -0.39 is 0 Å². The fourth-order valence-corrected chi connectivity index (χ4v) is 3.12. The first-order valence-corrected chi connectivity index (χ1v) is 6.84. The Bertz CT molecular complexity index is 312. The molecule has 1 N–H and O–H groups in total. The van der Waals surface area contributed by atoms with Crippen LogP contribution in [0.25, 0.3) is 0 Å². The van der Waals surface area contributed by atoms with E-state index in [2.05, 4.69) is 25.2 Å². The summed E-state index contributed by atoms with van der Waals surface area (Å²) in [6, 6.07) is 2.32. The number of aryl methyl sites for hydroxylation is 2. The summed E-state index contributed by atoms with van der Waals surface area (Å²) < 4.78 is 0. The lowest BCUT2D eigenvalue weighted by Gasteiger charge is -2.25. The van der Waals surface area contributed by atoms with Crippen LogP contribution in [-0.2, 0) is 6.54 Å². The van der Waals surface area contributed by atoms with E-state index in [4.69, 9.17) is 0 Å². The number of thiophene rings is 1. The molecular weight excluding hydrogens is 202 g/mol. The van der Waals surface area contributed by atoms with Crippen LogP contribution in [0.15, 0.2) is 6.07 Å². The van der Waals surface area contributed by atoms with Crippen molar-refractivity contribution in [3.05, 3.63) is 21.4 Å². The van der Waals surface area contributed by atoms with Gasteiger partial charge in [0.25, 0.3) is 0 Å². The summed E-state index contributed by atoms with van der Waals surface area (Å²) in [4.78, 5) is 2.91. The Morgan fingerprint density at radius 3 is 2.73 bits per heavy atom. The Kier molecular flexibility index (Phi) is 3.81. The van der Waals surface area contributed by atoms with E-state index in [0.29, 0.717) is 0 Å². The van der Waals surface area contributed by atoms with Crippen LogP contribution >= 0.6 is 11.3 Å². The first-order chi connectivity index (χ1) is 7.25. The van der Waals surface area contributed by atoms with Gasteiger partial charge in [-0.1, -0.05) is 19.3 Å². The maximum absolute atomic E-state index is 3.56. The smallest absolute Gasteiger partial charge is 0.0216 e. The molecule has 15 heavy (non-hydrogen) atoms. The minimum Gasteiger partial charge on any atom is -0.313 e. The van der Waals surface area contributed by atoms with Crippen molar-refractivity contribution >= 4 is 11.3 Å². The average molecular weight is 223 g/mol. The molecule has 0 atom stereocenters. The molecular formula is C13H21NS. The van der Waals surface area contributed by atoms with Gasteiger partial charge in [-0.15, -0.1) is 11.3 Å². The maximum atomic E-state index is 3.56. The molecule has 1 aromatic rings. The minimum absolute atomic E-state index is 1.03.